The summed E-state index contributed by atoms with van der Waals surface area (Å²) in [5.41, 5.74) is 0.262. The molecule has 0 aromatic heterocycles. The summed E-state index contributed by atoms with van der Waals surface area (Å²) in [4.78, 5) is 13.9. The van der Waals surface area contributed by atoms with Crippen LogP contribution < -0.4 is 4.74 Å². The topological polar surface area (TPSA) is 49.8 Å². The predicted molar refractivity (Wildman–Crippen MR) is 133 cm³/mol. The Morgan fingerprint density at radius 3 is 2.33 bits per heavy atom. The molecule has 2 saturated heterocycles. The Morgan fingerprint density at radius 1 is 1.00 bits per heavy atom. The molecule has 1 saturated carbocycles. The maximum atomic E-state index is 14.3. The van der Waals surface area contributed by atoms with Gasteiger partial charge in [-0.25, -0.2) is 0 Å². The van der Waals surface area contributed by atoms with E-state index in [0.29, 0.717) is 42.7 Å². The lowest BCUT2D eigenvalue weighted by Gasteiger charge is -2.37. The zero-order valence-corrected chi connectivity index (χ0v) is 20.9. The Bertz CT molecular complexity index is 1080. The average Bonchev–Trinajstić information content (AvgIpc) is 3.06. The van der Waals surface area contributed by atoms with Gasteiger partial charge >= 0.3 is 12.1 Å². The monoisotopic (exact) mass is 503 g/mol. The van der Waals surface area contributed by atoms with Gasteiger partial charge in [0.1, 0.15) is 11.3 Å². The van der Waals surface area contributed by atoms with Crippen molar-refractivity contribution in [1.82, 2.24) is 4.90 Å². The molecule has 5 rings (SSSR count). The maximum absolute atomic E-state index is 14.3. The highest BCUT2D eigenvalue weighted by molar-refractivity contribution is 5.91. The van der Waals surface area contributed by atoms with Gasteiger partial charge in [0.05, 0.1) is 12.0 Å². The number of alkyl halides is 3. The molecule has 0 spiro atoms. The largest absolute Gasteiger partial charge is 0.490 e. The van der Waals surface area contributed by atoms with Crippen molar-refractivity contribution in [3.63, 3.8) is 0 Å². The van der Waals surface area contributed by atoms with Crippen molar-refractivity contribution < 1.29 is 27.8 Å². The SMILES string of the molecule is CC1CCC(Oc2ccc3c(CCCN4C5CC[C@H]4CC(C(=O)O)C5)cccc3c2C(F)(F)F)CC1. The number of carbonyl (C=O) groups is 1. The highest BCUT2D eigenvalue weighted by atomic mass is 19.4. The van der Waals surface area contributed by atoms with Crippen LogP contribution in [0.1, 0.15) is 75.8 Å². The van der Waals surface area contributed by atoms with Gasteiger partial charge in [-0.2, -0.15) is 13.2 Å². The van der Waals surface area contributed by atoms with Gasteiger partial charge in [0.2, 0.25) is 0 Å². The molecule has 0 amide bonds. The number of hydrogen-bond acceptors (Lipinski definition) is 3. The number of carboxylic acids is 1. The number of rotatable bonds is 7. The zero-order chi connectivity index (χ0) is 25.4. The molecule has 36 heavy (non-hydrogen) atoms. The molecule has 2 heterocycles. The normalized spacial score (nSPS) is 28.9. The van der Waals surface area contributed by atoms with Gasteiger partial charge in [0, 0.05) is 12.1 Å². The third-order valence-electron chi connectivity index (χ3n) is 8.75. The Labute approximate surface area is 210 Å². The Balaban J connectivity index is 1.32. The third kappa shape index (κ3) is 5.22. The van der Waals surface area contributed by atoms with Crippen LogP contribution in [0.2, 0.25) is 0 Å². The summed E-state index contributed by atoms with van der Waals surface area (Å²) in [7, 11) is 0. The number of aliphatic carboxylic acids is 1. The smallest absolute Gasteiger partial charge is 0.420 e. The quantitative estimate of drug-likeness (QED) is 0.439. The van der Waals surface area contributed by atoms with Crippen molar-refractivity contribution in [2.75, 3.05) is 6.54 Å². The molecule has 1 N–H and O–H groups in total. The lowest BCUT2D eigenvalue weighted by molar-refractivity contribution is -0.144. The molecule has 7 heteroatoms. The summed E-state index contributed by atoms with van der Waals surface area (Å²) in [5.74, 6) is -0.385. The molecule has 3 fully saturated rings. The van der Waals surface area contributed by atoms with Crippen LogP contribution in [0, 0.1) is 11.8 Å². The number of carboxylic acid groups (broad SMARTS) is 1. The minimum atomic E-state index is -4.50. The summed E-state index contributed by atoms with van der Waals surface area (Å²) in [5, 5.41) is 10.3. The van der Waals surface area contributed by atoms with Crippen LogP contribution in [0.3, 0.4) is 0 Å². The highest BCUT2D eigenvalue weighted by Gasteiger charge is 2.42. The molecule has 2 bridgehead atoms. The number of halogens is 3. The van der Waals surface area contributed by atoms with Crippen molar-refractivity contribution in [2.24, 2.45) is 11.8 Å². The lowest BCUT2D eigenvalue weighted by atomic mass is 9.89. The third-order valence-corrected chi connectivity index (χ3v) is 8.75. The van der Waals surface area contributed by atoms with Crippen LogP contribution in [0.5, 0.6) is 5.75 Å². The Kier molecular flexibility index (Phi) is 7.21. The molecule has 0 radical (unpaired) electrons. The molecule has 196 valence electrons. The molecule has 4 nitrogen and oxygen atoms in total. The molecule has 3 aliphatic rings. The van der Waals surface area contributed by atoms with Crippen LogP contribution in [0.25, 0.3) is 10.8 Å². The molecular formula is C29H36F3NO3. The Hall–Kier alpha value is -2.28. The number of aryl methyl sites for hydroxylation is 1. The average molecular weight is 504 g/mol. The first kappa shape index (κ1) is 25.4. The van der Waals surface area contributed by atoms with E-state index in [1.54, 1.807) is 18.2 Å². The summed E-state index contributed by atoms with van der Waals surface area (Å²) in [6.45, 7) is 3.03. The number of piperidine rings is 1. The minimum absolute atomic E-state index is 0.0513. The molecular weight excluding hydrogens is 467 g/mol. The van der Waals surface area contributed by atoms with E-state index in [2.05, 4.69) is 11.8 Å². The molecule has 2 aliphatic heterocycles. The second-order valence-corrected chi connectivity index (χ2v) is 11.2. The van der Waals surface area contributed by atoms with Gasteiger partial charge in [-0.05, 0) is 99.1 Å². The van der Waals surface area contributed by atoms with Gasteiger partial charge in [-0.1, -0.05) is 31.2 Å². The fourth-order valence-electron chi connectivity index (χ4n) is 6.83. The van der Waals surface area contributed by atoms with Crippen molar-refractivity contribution >= 4 is 16.7 Å². The van der Waals surface area contributed by atoms with E-state index in [1.165, 1.54) is 6.07 Å². The predicted octanol–water partition coefficient (Wildman–Crippen LogP) is 7.08. The van der Waals surface area contributed by atoms with Crippen LogP contribution in [-0.4, -0.2) is 40.7 Å². The first-order valence-electron chi connectivity index (χ1n) is 13.5. The molecule has 2 unspecified atom stereocenters. The maximum Gasteiger partial charge on any atom is 0.420 e. The van der Waals surface area contributed by atoms with Gasteiger partial charge in [-0.3, -0.25) is 9.69 Å². The van der Waals surface area contributed by atoms with E-state index in [1.807, 2.05) is 6.07 Å². The standard InChI is InChI=1S/C29H36F3NO3/c1-18-7-11-23(12-8-18)36-26-14-13-24-19(4-2-6-25(24)27(26)29(30,31)32)5-3-15-33-21-9-10-22(33)17-20(16-21)28(34)35/h2,4,6,13-14,18,20-23H,3,5,7-12,15-17H2,1H3,(H,34,35)/t18?,20?,21-,22?,23?/m0/s1. The van der Waals surface area contributed by atoms with Crippen molar-refractivity contribution in [3.8, 4) is 5.75 Å². The summed E-state index contributed by atoms with van der Waals surface area (Å²) in [6.07, 6.45) is 3.92. The van der Waals surface area contributed by atoms with Gasteiger partial charge in [0.25, 0.3) is 0 Å². The highest BCUT2D eigenvalue weighted by Crippen LogP contribution is 2.44. The second kappa shape index (κ2) is 10.2. The van der Waals surface area contributed by atoms with E-state index >= 15 is 0 Å². The van der Waals surface area contributed by atoms with Crippen LogP contribution >= 0.6 is 0 Å². The van der Waals surface area contributed by atoms with Crippen molar-refractivity contribution in [1.29, 1.82) is 0 Å². The molecule has 2 aromatic carbocycles. The fourth-order valence-corrected chi connectivity index (χ4v) is 6.83. The number of fused-ring (bicyclic) bond motifs is 3. The van der Waals surface area contributed by atoms with Crippen LogP contribution in [0.15, 0.2) is 30.3 Å². The molecule has 1 aliphatic carbocycles. The number of hydrogen-bond donors (Lipinski definition) is 1. The number of ether oxygens (including phenoxy) is 1. The van der Waals surface area contributed by atoms with Gasteiger partial charge in [-0.15, -0.1) is 0 Å². The lowest BCUT2D eigenvalue weighted by Crippen LogP contribution is -2.45. The minimum Gasteiger partial charge on any atom is -0.490 e. The van der Waals surface area contributed by atoms with E-state index in [0.717, 1.165) is 57.1 Å². The molecule has 2 aromatic rings. The van der Waals surface area contributed by atoms with E-state index < -0.39 is 17.7 Å². The van der Waals surface area contributed by atoms with Crippen molar-refractivity contribution in [2.45, 2.75) is 95.5 Å². The Morgan fingerprint density at radius 2 is 1.69 bits per heavy atom. The second-order valence-electron chi connectivity index (χ2n) is 11.2. The van der Waals surface area contributed by atoms with E-state index in [-0.39, 0.29) is 23.2 Å². The first-order valence-corrected chi connectivity index (χ1v) is 13.5. The van der Waals surface area contributed by atoms with E-state index in [4.69, 9.17) is 4.74 Å². The fraction of sp³-hybridized carbons (Fsp3) is 0.621. The van der Waals surface area contributed by atoms with E-state index in [9.17, 15) is 23.1 Å². The summed E-state index contributed by atoms with van der Waals surface area (Å²) in [6, 6.07) is 9.16. The van der Waals surface area contributed by atoms with Crippen LogP contribution in [0.4, 0.5) is 13.2 Å². The summed E-state index contributed by atoms with van der Waals surface area (Å²) < 4.78 is 48.8. The van der Waals surface area contributed by atoms with Gasteiger partial charge < -0.3 is 9.84 Å². The van der Waals surface area contributed by atoms with Gasteiger partial charge in [0.15, 0.2) is 0 Å². The molecule has 3 atom stereocenters. The summed E-state index contributed by atoms with van der Waals surface area (Å²) >= 11 is 0. The number of nitrogens with zero attached hydrogens (tertiary/aromatic N) is 1. The zero-order valence-electron chi connectivity index (χ0n) is 20.9. The number of benzene rings is 2. The van der Waals surface area contributed by atoms with Crippen molar-refractivity contribution in [3.05, 3.63) is 41.5 Å². The first-order chi connectivity index (χ1) is 17.2. The van der Waals surface area contributed by atoms with Crippen LogP contribution in [-0.2, 0) is 17.4 Å².